The van der Waals surface area contributed by atoms with Crippen molar-refractivity contribution in [3.05, 3.63) is 65.9 Å². The summed E-state index contributed by atoms with van der Waals surface area (Å²) >= 11 is 0. The van der Waals surface area contributed by atoms with Crippen molar-refractivity contribution < 1.29 is 27.8 Å². The van der Waals surface area contributed by atoms with Crippen LogP contribution in [0.5, 0.6) is 11.5 Å². The highest BCUT2D eigenvalue weighted by Gasteiger charge is 2.31. The number of aromatic hydroxyl groups is 1. The molecule has 9 heteroatoms. The average molecular weight is 391 g/mol. The van der Waals surface area contributed by atoms with E-state index in [2.05, 4.69) is 14.9 Å². The fraction of sp³-hybridized carbons (Fsp3) is 0.158. The first-order valence-corrected chi connectivity index (χ1v) is 8.17. The number of carbonyl (C=O) groups excluding carboxylic acids is 1. The minimum atomic E-state index is -4.76. The Hall–Kier alpha value is -3.49. The lowest BCUT2D eigenvalue weighted by molar-refractivity contribution is -0.274. The van der Waals surface area contributed by atoms with Gasteiger partial charge in [-0.05, 0) is 36.4 Å². The zero-order chi connectivity index (χ0) is 20.3. The molecule has 0 radical (unpaired) electrons. The van der Waals surface area contributed by atoms with Gasteiger partial charge in [0.15, 0.2) is 0 Å². The molecule has 0 atom stereocenters. The fourth-order valence-corrected chi connectivity index (χ4v) is 2.58. The van der Waals surface area contributed by atoms with Crippen LogP contribution in [-0.4, -0.2) is 39.5 Å². The maximum Gasteiger partial charge on any atom is 0.573 e. The van der Waals surface area contributed by atoms with Gasteiger partial charge in [0, 0.05) is 24.7 Å². The number of hydrogen-bond donors (Lipinski definition) is 2. The number of benzene rings is 2. The number of alkyl halides is 3. The monoisotopic (exact) mass is 391 g/mol. The van der Waals surface area contributed by atoms with E-state index in [1.54, 1.807) is 25.2 Å². The number of hydrogen-bond acceptors (Lipinski definition) is 4. The van der Waals surface area contributed by atoms with E-state index in [1.165, 1.54) is 41.3 Å². The predicted molar refractivity (Wildman–Crippen MR) is 94.6 cm³/mol. The van der Waals surface area contributed by atoms with Crippen LogP contribution in [-0.2, 0) is 6.54 Å². The van der Waals surface area contributed by atoms with Crippen LogP contribution in [0.25, 0.3) is 11.3 Å². The van der Waals surface area contributed by atoms with E-state index in [-0.39, 0.29) is 29.6 Å². The summed E-state index contributed by atoms with van der Waals surface area (Å²) in [5.41, 5.74) is 1.73. The van der Waals surface area contributed by atoms with Gasteiger partial charge in [-0.3, -0.25) is 9.89 Å². The minimum Gasteiger partial charge on any atom is -0.508 e. The van der Waals surface area contributed by atoms with Crippen LogP contribution in [0.2, 0.25) is 0 Å². The summed E-state index contributed by atoms with van der Waals surface area (Å²) < 4.78 is 40.5. The van der Waals surface area contributed by atoms with Crippen molar-refractivity contribution in [2.75, 3.05) is 7.05 Å². The van der Waals surface area contributed by atoms with Crippen molar-refractivity contribution in [2.45, 2.75) is 12.9 Å². The van der Waals surface area contributed by atoms with Gasteiger partial charge in [-0.25, -0.2) is 0 Å². The van der Waals surface area contributed by atoms with Crippen molar-refractivity contribution in [3.8, 4) is 22.8 Å². The van der Waals surface area contributed by atoms with Gasteiger partial charge in [0.1, 0.15) is 17.2 Å². The second-order valence-corrected chi connectivity index (χ2v) is 6.03. The van der Waals surface area contributed by atoms with Crippen molar-refractivity contribution in [1.82, 2.24) is 15.1 Å². The standard InChI is InChI=1S/C19H16F3N3O3/c1-25(11-13-4-2-3-5-17(13)26)18(27)16-10-15(23-24-16)12-6-8-14(9-7-12)28-19(20,21)22/h2-10,26H,11H2,1H3,(H,23,24). The molecular weight excluding hydrogens is 375 g/mol. The quantitative estimate of drug-likeness (QED) is 0.690. The Morgan fingerprint density at radius 3 is 2.50 bits per heavy atom. The Morgan fingerprint density at radius 1 is 1.18 bits per heavy atom. The summed E-state index contributed by atoms with van der Waals surface area (Å²) in [5, 5.41) is 16.5. The number of halogens is 3. The maximum atomic E-state index is 12.5. The molecule has 2 aromatic carbocycles. The second kappa shape index (κ2) is 7.63. The number of carbonyl (C=O) groups is 1. The SMILES string of the molecule is CN(Cc1ccccc1O)C(=O)c1cc(-c2ccc(OC(F)(F)F)cc2)n[nH]1. The molecule has 1 amide bonds. The molecule has 6 nitrogen and oxygen atoms in total. The number of amides is 1. The van der Waals surface area contributed by atoms with Crippen LogP contribution in [0.3, 0.4) is 0 Å². The first-order valence-electron chi connectivity index (χ1n) is 8.17. The average Bonchev–Trinajstić information content (AvgIpc) is 3.12. The van der Waals surface area contributed by atoms with E-state index in [1.807, 2.05) is 0 Å². The number of para-hydroxylation sites is 1. The number of aromatic amines is 1. The lowest BCUT2D eigenvalue weighted by Crippen LogP contribution is -2.26. The minimum absolute atomic E-state index is 0.0913. The van der Waals surface area contributed by atoms with Crippen LogP contribution in [0.4, 0.5) is 13.2 Å². The summed E-state index contributed by atoms with van der Waals surface area (Å²) in [6.45, 7) is 0.198. The highest BCUT2D eigenvalue weighted by Crippen LogP contribution is 2.26. The molecule has 0 saturated carbocycles. The van der Waals surface area contributed by atoms with Crippen LogP contribution in [0.1, 0.15) is 16.1 Å². The molecule has 1 heterocycles. The molecule has 0 aliphatic rings. The second-order valence-electron chi connectivity index (χ2n) is 6.03. The van der Waals surface area contributed by atoms with Gasteiger partial charge < -0.3 is 14.7 Å². The maximum absolute atomic E-state index is 12.5. The number of aromatic nitrogens is 2. The summed E-state index contributed by atoms with van der Waals surface area (Å²) in [4.78, 5) is 14.0. The largest absolute Gasteiger partial charge is 0.573 e. The fourth-order valence-electron chi connectivity index (χ4n) is 2.58. The molecule has 0 bridgehead atoms. The number of rotatable bonds is 5. The molecule has 0 saturated heterocycles. The molecule has 1 aromatic heterocycles. The number of nitrogens with one attached hydrogen (secondary N) is 1. The number of phenols is 1. The molecule has 0 spiro atoms. The Balaban J connectivity index is 1.71. The smallest absolute Gasteiger partial charge is 0.508 e. The zero-order valence-corrected chi connectivity index (χ0v) is 14.7. The molecule has 2 N–H and O–H groups in total. The third kappa shape index (κ3) is 4.61. The number of nitrogens with zero attached hydrogens (tertiary/aromatic N) is 2. The van der Waals surface area contributed by atoms with Gasteiger partial charge in [-0.2, -0.15) is 5.10 Å². The van der Waals surface area contributed by atoms with Gasteiger partial charge >= 0.3 is 6.36 Å². The summed E-state index contributed by atoms with van der Waals surface area (Å²) in [6, 6.07) is 13.4. The number of ether oxygens (including phenoxy) is 1. The molecule has 0 aliphatic carbocycles. The molecule has 0 fully saturated rings. The summed E-state index contributed by atoms with van der Waals surface area (Å²) in [6.07, 6.45) is -4.76. The van der Waals surface area contributed by atoms with E-state index in [9.17, 15) is 23.1 Å². The lowest BCUT2D eigenvalue weighted by Gasteiger charge is -2.16. The van der Waals surface area contributed by atoms with Gasteiger partial charge in [-0.1, -0.05) is 18.2 Å². The van der Waals surface area contributed by atoms with Gasteiger partial charge in [0.05, 0.1) is 5.69 Å². The molecule has 0 unspecified atom stereocenters. The van der Waals surface area contributed by atoms with E-state index < -0.39 is 6.36 Å². The summed E-state index contributed by atoms with van der Waals surface area (Å²) in [5.74, 6) is -0.599. The normalized spacial score (nSPS) is 11.3. The van der Waals surface area contributed by atoms with Crippen molar-refractivity contribution in [3.63, 3.8) is 0 Å². The third-order valence-electron chi connectivity index (χ3n) is 3.94. The van der Waals surface area contributed by atoms with Crippen LogP contribution in [0, 0.1) is 0 Å². The summed E-state index contributed by atoms with van der Waals surface area (Å²) in [7, 11) is 1.58. The number of H-pyrrole nitrogens is 1. The highest BCUT2D eigenvalue weighted by atomic mass is 19.4. The lowest BCUT2D eigenvalue weighted by atomic mass is 10.1. The first-order chi connectivity index (χ1) is 13.2. The van der Waals surface area contributed by atoms with E-state index in [0.29, 0.717) is 16.8 Å². The van der Waals surface area contributed by atoms with Crippen molar-refractivity contribution >= 4 is 5.91 Å². The molecule has 146 valence electrons. The predicted octanol–water partition coefficient (Wildman–Crippen LogP) is 3.95. The number of phenolic OH excluding ortho intramolecular Hbond substituents is 1. The first kappa shape index (κ1) is 19.3. The van der Waals surface area contributed by atoms with Crippen LogP contribution >= 0.6 is 0 Å². The van der Waals surface area contributed by atoms with Gasteiger partial charge in [0.25, 0.3) is 5.91 Å². The molecular formula is C19H16F3N3O3. The molecule has 28 heavy (non-hydrogen) atoms. The third-order valence-corrected chi connectivity index (χ3v) is 3.94. The van der Waals surface area contributed by atoms with Crippen LogP contribution < -0.4 is 4.74 Å². The van der Waals surface area contributed by atoms with Gasteiger partial charge in [0.2, 0.25) is 0 Å². The highest BCUT2D eigenvalue weighted by molar-refractivity contribution is 5.93. The van der Waals surface area contributed by atoms with E-state index in [0.717, 1.165) is 0 Å². The topological polar surface area (TPSA) is 78.4 Å². The van der Waals surface area contributed by atoms with E-state index in [4.69, 9.17) is 0 Å². The zero-order valence-electron chi connectivity index (χ0n) is 14.7. The Kier molecular flexibility index (Phi) is 5.25. The van der Waals surface area contributed by atoms with Crippen molar-refractivity contribution in [1.29, 1.82) is 0 Å². The Labute approximate surface area is 158 Å². The Morgan fingerprint density at radius 2 is 1.86 bits per heavy atom. The van der Waals surface area contributed by atoms with Gasteiger partial charge in [-0.15, -0.1) is 13.2 Å². The van der Waals surface area contributed by atoms with Crippen molar-refractivity contribution in [2.24, 2.45) is 0 Å². The molecule has 0 aliphatic heterocycles. The Bertz CT molecular complexity index is 968. The van der Waals surface area contributed by atoms with E-state index >= 15 is 0 Å². The molecule has 3 rings (SSSR count). The molecule has 3 aromatic rings. The van der Waals surface area contributed by atoms with Crippen LogP contribution in [0.15, 0.2) is 54.6 Å².